The summed E-state index contributed by atoms with van der Waals surface area (Å²) in [4.78, 5) is 0.677. The quantitative estimate of drug-likeness (QED) is 0.524. The van der Waals surface area contributed by atoms with Gasteiger partial charge in [0.15, 0.2) is 0 Å². The number of hydrogen-bond acceptors (Lipinski definition) is 1. The first kappa shape index (κ1) is 9.99. The average Bonchev–Trinajstić information content (AvgIpc) is 2.05. The van der Waals surface area contributed by atoms with Crippen LogP contribution in [0.1, 0.15) is 12.5 Å². The van der Waals surface area contributed by atoms with Crippen LogP contribution in [0.2, 0.25) is 0 Å². The molecule has 0 spiro atoms. The van der Waals surface area contributed by atoms with Crippen molar-refractivity contribution in [3.63, 3.8) is 0 Å². The Bertz CT molecular complexity index is 401. The van der Waals surface area contributed by atoms with Crippen LogP contribution in [-0.2, 0) is 9.71 Å². The summed E-state index contributed by atoms with van der Waals surface area (Å²) in [5.41, 5.74) is 1.14. The van der Waals surface area contributed by atoms with Gasteiger partial charge in [-0.3, -0.25) is 0 Å². The Morgan fingerprint density at radius 1 is 1.38 bits per heavy atom. The maximum absolute atomic E-state index is 11.8. The molecule has 1 aromatic carbocycles. The van der Waals surface area contributed by atoms with E-state index in [2.05, 4.69) is 10.3 Å². The molecule has 1 aromatic rings. The highest BCUT2D eigenvalue weighted by atomic mass is 32.2. The summed E-state index contributed by atoms with van der Waals surface area (Å²) in [6.07, 6.45) is 1.52. The first-order chi connectivity index (χ1) is 6.06. The Labute approximate surface area is 79.5 Å². The third-order valence-electron chi connectivity index (χ3n) is 1.66. The highest BCUT2D eigenvalue weighted by Crippen LogP contribution is 2.12. The summed E-state index contributed by atoms with van der Waals surface area (Å²) < 4.78 is 15.6. The predicted octanol–water partition coefficient (Wildman–Crippen LogP) is 2.08. The van der Waals surface area contributed by atoms with Crippen molar-refractivity contribution in [3.05, 3.63) is 29.8 Å². The van der Waals surface area contributed by atoms with Crippen molar-refractivity contribution in [1.82, 2.24) is 0 Å². The Balaban J connectivity index is 3.17. The van der Waals surface area contributed by atoms with Gasteiger partial charge in [-0.2, -0.15) is 0 Å². The smallest absolute Gasteiger partial charge is 0.0940 e. The van der Waals surface area contributed by atoms with E-state index in [1.54, 1.807) is 19.1 Å². The van der Waals surface area contributed by atoms with Gasteiger partial charge in [-0.05, 0) is 31.9 Å². The largest absolute Gasteiger partial charge is 0.241 e. The molecule has 0 saturated heterocycles. The van der Waals surface area contributed by atoms with Crippen molar-refractivity contribution >= 4 is 21.8 Å². The first-order valence-corrected chi connectivity index (χ1v) is 5.68. The maximum atomic E-state index is 11.8. The van der Waals surface area contributed by atoms with Gasteiger partial charge in [-0.25, -0.2) is 8.61 Å². The van der Waals surface area contributed by atoms with Crippen molar-refractivity contribution < 1.29 is 4.21 Å². The zero-order valence-electron chi connectivity index (χ0n) is 7.86. The summed E-state index contributed by atoms with van der Waals surface area (Å²) in [5, 5.41) is 0. The predicted molar refractivity (Wildman–Crippen MR) is 58.9 cm³/mol. The molecule has 0 bridgehead atoms. The molecule has 0 aliphatic carbocycles. The van der Waals surface area contributed by atoms with Crippen molar-refractivity contribution in [2.75, 3.05) is 0 Å². The van der Waals surface area contributed by atoms with Crippen LogP contribution >= 0.6 is 0 Å². The monoisotopic (exact) mass is 195 g/mol. The Morgan fingerprint density at radius 3 is 2.38 bits per heavy atom. The molecule has 1 unspecified atom stereocenters. The molecule has 1 atom stereocenters. The molecule has 0 aromatic heterocycles. The van der Waals surface area contributed by atoms with Gasteiger partial charge in [0.1, 0.15) is 0 Å². The van der Waals surface area contributed by atoms with Gasteiger partial charge in [0.05, 0.1) is 14.6 Å². The van der Waals surface area contributed by atoms with Gasteiger partial charge < -0.3 is 0 Å². The van der Waals surface area contributed by atoms with Crippen molar-refractivity contribution in [3.8, 4) is 0 Å². The first-order valence-electron chi connectivity index (χ1n) is 4.00. The molecule has 13 heavy (non-hydrogen) atoms. The lowest BCUT2D eigenvalue weighted by Gasteiger charge is -2.02. The summed E-state index contributed by atoms with van der Waals surface area (Å²) >= 11 is 0. The lowest BCUT2D eigenvalue weighted by molar-refractivity contribution is 0.682. The molecule has 0 aliphatic rings. The second-order valence-corrected chi connectivity index (χ2v) is 4.78. The molecule has 0 aliphatic heterocycles. The molecule has 0 heterocycles. The molecule has 0 amide bonds. The van der Waals surface area contributed by atoms with Gasteiger partial charge in [0.2, 0.25) is 0 Å². The second kappa shape index (κ2) is 3.75. The summed E-state index contributed by atoms with van der Waals surface area (Å²) in [6.45, 7) is 3.72. The fourth-order valence-corrected chi connectivity index (χ4v) is 2.01. The molecule has 2 nitrogen and oxygen atoms in total. The fourth-order valence-electron chi connectivity index (χ4n) is 0.982. The van der Waals surface area contributed by atoms with Crippen LogP contribution < -0.4 is 0 Å². The topological polar surface area (TPSA) is 29.4 Å². The van der Waals surface area contributed by atoms with Gasteiger partial charge >= 0.3 is 0 Å². The number of benzene rings is 1. The van der Waals surface area contributed by atoms with Crippen LogP contribution in [0.25, 0.3) is 0 Å². The molecule has 0 N–H and O–H groups in total. The number of aryl methyl sites for hydroxylation is 1. The van der Waals surface area contributed by atoms with Crippen LogP contribution in [0.15, 0.2) is 33.6 Å². The van der Waals surface area contributed by atoms with Crippen LogP contribution in [0, 0.1) is 6.92 Å². The van der Waals surface area contributed by atoms with Crippen LogP contribution in [0.4, 0.5) is 0 Å². The second-order valence-electron chi connectivity index (χ2n) is 2.82. The molecular formula is C10H13NOS. The van der Waals surface area contributed by atoms with Gasteiger partial charge in [-0.1, -0.05) is 17.7 Å². The zero-order valence-corrected chi connectivity index (χ0v) is 8.67. The Hall–Kier alpha value is -1.09. The SMILES string of the molecule is C=S(=O)(N=CC)c1ccc(C)cc1. The Morgan fingerprint density at radius 2 is 1.92 bits per heavy atom. The van der Waals surface area contributed by atoms with Crippen LogP contribution in [-0.4, -0.2) is 16.3 Å². The van der Waals surface area contributed by atoms with E-state index in [-0.39, 0.29) is 0 Å². The number of nitrogens with zero attached hydrogens (tertiary/aromatic N) is 1. The fraction of sp³-hybridized carbons (Fsp3) is 0.200. The van der Waals surface area contributed by atoms with E-state index >= 15 is 0 Å². The molecule has 0 radical (unpaired) electrons. The summed E-state index contributed by atoms with van der Waals surface area (Å²) in [7, 11) is -2.46. The molecule has 70 valence electrons. The summed E-state index contributed by atoms with van der Waals surface area (Å²) in [5.74, 6) is 3.59. The van der Waals surface area contributed by atoms with E-state index in [1.165, 1.54) is 6.21 Å². The van der Waals surface area contributed by atoms with Gasteiger partial charge in [-0.15, -0.1) is 0 Å². The van der Waals surface area contributed by atoms with Crippen LogP contribution in [0.5, 0.6) is 0 Å². The zero-order chi connectivity index (χ0) is 9.90. The van der Waals surface area contributed by atoms with E-state index in [0.29, 0.717) is 4.90 Å². The minimum absolute atomic E-state index is 0.677. The minimum Gasteiger partial charge on any atom is -0.241 e. The van der Waals surface area contributed by atoms with Crippen molar-refractivity contribution in [2.24, 2.45) is 4.40 Å². The number of hydrogen-bond donors (Lipinski definition) is 0. The molecular weight excluding hydrogens is 182 g/mol. The highest BCUT2D eigenvalue weighted by Gasteiger charge is 2.02. The van der Waals surface area contributed by atoms with E-state index < -0.39 is 9.71 Å². The van der Waals surface area contributed by atoms with Gasteiger partial charge in [0, 0.05) is 6.21 Å². The van der Waals surface area contributed by atoms with E-state index in [4.69, 9.17) is 0 Å². The van der Waals surface area contributed by atoms with Crippen molar-refractivity contribution in [2.45, 2.75) is 18.7 Å². The molecule has 0 fully saturated rings. The van der Waals surface area contributed by atoms with Crippen LogP contribution in [0.3, 0.4) is 0 Å². The average molecular weight is 195 g/mol. The lowest BCUT2D eigenvalue weighted by atomic mass is 10.2. The molecule has 3 heteroatoms. The highest BCUT2D eigenvalue weighted by molar-refractivity contribution is 7.99. The molecule has 1 rings (SSSR count). The lowest BCUT2D eigenvalue weighted by Crippen LogP contribution is -1.95. The molecule has 0 saturated carbocycles. The standard InChI is InChI=1S/C10H13NOS/c1-4-11-13(3,12)10-7-5-9(2)6-8-10/h4-8H,3H2,1-2H3. The van der Waals surface area contributed by atoms with Gasteiger partial charge in [0.25, 0.3) is 0 Å². The normalized spacial score (nSPS) is 15.8. The van der Waals surface area contributed by atoms with E-state index in [0.717, 1.165) is 5.56 Å². The summed E-state index contributed by atoms with van der Waals surface area (Å²) in [6, 6.07) is 7.42. The Kier molecular flexibility index (Phi) is 2.88. The minimum atomic E-state index is -2.46. The van der Waals surface area contributed by atoms with E-state index in [1.807, 2.05) is 19.1 Å². The number of rotatable bonds is 2. The maximum Gasteiger partial charge on any atom is 0.0940 e. The third kappa shape index (κ3) is 2.42. The third-order valence-corrected chi connectivity index (χ3v) is 3.23. The van der Waals surface area contributed by atoms with Crippen molar-refractivity contribution in [1.29, 1.82) is 0 Å². The van der Waals surface area contributed by atoms with E-state index in [9.17, 15) is 4.21 Å².